The van der Waals surface area contributed by atoms with Crippen LogP contribution in [-0.2, 0) is 14.6 Å². The highest BCUT2D eigenvalue weighted by Gasteiger charge is 2.31. The van der Waals surface area contributed by atoms with Crippen molar-refractivity contribution in [2.24, 2.45) is 0 Å². The van der Waals surface area contributed by atoms with Crippen LogP contribution in [0, 0.1) is 10.8 Å². The minimum Gasteiger partial charge on any atom is -0.495 e. The van der Waals surface area contributed by atoms with Gasteiger partial charge in [0.15, 0.2) is 0 Å². The molecule has 19 heavy (non-hydrogen) atoms. The van der Waals surface area contributed by atoms with Crippen LogP contribution < -0.4 is 0 Å². The maximum Gasteiger partial charge on any atom is 0.212 e. The summed E-state index contributed by atoms with van der Waals surface area (Å²) >= 11 is 0. The minimum absolute atomic E-state index is 0.0739. The van der Waals surface area contributed by atoms with Gasteiger partial charge in [0.2, 0.25) is 9.84 Å². The third-order valence-corrected chi connectivity index (χ3v) is 4.50. The van der Waals surface area contributed by atoms with E-state index in [0.717, 1.165) is 0 Å². The van der Waals surface area contributed by atoms with Crippen molar-refractivity contribution in [1.29, 1.82) is 10.8 Å². The van der Waals surface area contributed by atoms with Crippen molar-refractivity contribution in [3.63, 3.8) is 0 Å². The zero-order valence-electron chi connectivity index (χ0n) is 10.2. The summed E-state index contributed by atoms with van der Waals surface area (Å²) in [7, 11) is -2.53. The number of allylic oxidation sites excluding steroid dienone is 3. The van der Waals surface area contributed by atoms with E-state index in [-0.39, 0.29) is 27.0 Å². The van der Waals surface area contributed by atoms with Crippen molar-refractivity contribution in [2.75, 3.05) is 7.11 Å². The van der Waals surface area contributed by atoms with Crippen LogP contribution in [-0.4, -0.2) is 27.0 Å². The Balaban J connectivity index is 2.68. The Bertz CT molecular complexity index is 701. The van der Waals surface area contributed by atoms with Gasteiger partial charge >= 0.3 is 0 Å². The average molecular weight is 276 g/mol. The second-order valence-electron chi connectivity index (χ2n) is 3.84. The monoisotopic (exact) mass is 276 g/mol. The van der Waals surface area contributed by atoms with Gasteiger partial charge in [-0.25, -0.2) is 8.42 Å². The minimum atomic E-state index is -3.87. The zero-order valence-corrected chi connectivity index (χ0v) is 11.0. The average Bonchev–Trinajstić information content (AvgIpc) is 2.42. The summed E-state index contributed by atoms with van der Waals surface area (Å²) in [5.74, 6) is 0.0739. The Morgan fingerprint density at radius 1 is 1.05 bits per heavy atom. The molecule has 0 spiro atoms. The molecular weight excluding hydrogens is 264 g/mol. The number of nitrogens with one attached hydrogen (secondary N) is 2. The summed E-state index contributed by atoms with van der Waals surface area (Å²) in [4.78, 5) is -0.193. The van der Waals surface area contributed by atoms with Gasteiger partial charge in [-0.15, -0.1) is 0 Å². The first kappa shape index (κ1) is 13.2. The van der Waals surface area contributed by atoms with E-state index in [9.17, 15) is 8.42 Å². The zero-order chi connectivity index (χ0) is 14.0. The van der Waals surface area contributed by atoms with Gasteiger partial charge < -0.3 is 4.74 Å². The molecule has 0 unspecified atom stereocenters. The highest BCUT2D eigenvalue weighted by atomic mass is 32.2. The first-order valence-electron chi connectivity index (χ1n) is 5.43. The first-order valence-corrected chi connectivity index (χ1v) is 6.91. The molecule has 5 nitrogen and oxygen atoms in total. The Hall–Kier alpha value is -2.21. The molecule has 0 radical (unpaired) electrons. The van der Waals surface area contributed by atoms with E-state index in [4.69, 9.17) is 15.6 Å². The van der Waals surface area contributed by atoms with Gasteiger partial charge in [-0.3, -0.25) is 10.8 Å². The van der Waals surface area contributed by atoms with Crippen LogP contribution in [0.4, 0.5) is 0 Å². The number of sulfone groups is 1. The van der Waals surface area contributed by atoms with E-state index >= 15 is 0 Å². The van der Waals surface area contributed by atoms with E-state index in [1.165, 1.54) is 31.4 Å². The molecule has 0 saturated carbocycles. The molecule has 0 saturated heterocycles. The normalized spacial score (nSPS) is 15.8. The quantitative estimate of drug-likeness (QED) is 0.826. The molecule has 1 aliphatic rings. The lowest BCUT2D eigenvalue weighted by Gasteiger charge is -2.16. The predicted molar refractivity (Wildman–Crippen MR) is 72.3 cm³/mol. The largest absolute Gasteiger partial charge is 0.495 e. The van der Waals surface area contributed by atoms with Crippen LogP contribution in [0.5, 0.6) is 0 Å². The van der Waals surface area contributed by atoms with Gasteiger partial charge in [0.1, 0.15) is 16.4 Å². The summed E-state index contributed by atoms with van der Waals surface area (Å²) in [6.45, 7) is 0. The molecule has 1 aromatic rings. The lowest BCUT2D eigenvalue weighted by atomic mass is 10.1. The maximum absolute atomic E-state index is 12.5. The molecule has 2 rings (SSSR count). The molecule has 0 heterocycles. The molecule has 98 valence electrons. The van der Waals surface area contributed by atoms with Gasteiger partial charge in [-0.05, 0) is 24.3 Å². The fraction of sp³-hybridized carbons (Fsp3) is 0.0769. The van der Waals surface area contributed by atoms with E-state index in [1.54, 1.807) is 18.2 Å². The fourth-order valence-corrected chi connectivity index (χ4v) is 3.25. The third-order valence-electron chi connectivity index (χ3n) is 2.66. The molecule has 0 aromatic heterocycles. The Labute approximate surface area is 111 Å². The van der Waals surface area contributed by atoms with Crippen LogP contribution >= 0.6 is 0 Å². The second-order valence-corrected chi connectivity index (χ2v) is 5.72. The van der Waals surface area contributed by atoms with Crippen LogP contribution in [0.2, 0.25) is 0 Å². The summed E-state index contributed by atoms with van der Waals surface area (Å²) in [6, 6.07) is 7.81. The molecule has 0 aliphatic heterocycles. The highest BCUT2D eigenvalue weighted by molar-refractivity contribution is 7.96. The van der Waals surface area contributed by atoms with Gasteiger partial charge in [0.25, 0.3) is 0 Å². The first-order chi connectivity index (χ1) is 8.98. The van der Waals surface area contributed by atoms with Crippen LogP contribution in [0.25, 0.3) is 0 Å². The summed E-state index contributed by atoms with van der Waals surface area (Å²) in [6.07, 6.45) is 2.72. The molecule has 1 aromatic carbocycles. The predicted octanol–water partition coefficient (Wildman–Crippen LogP) is 1.93. The van der Waals surface area contributed by atoms with Gasteiger partial charge in [0, 0.05) is 0 Å². The van der Waals surface area contributed by atoms with E-state index in [0.29, 0.717) is 0 Å². The molecule has 2 N–H and O–H groups in total. The van der Waals surface area contributed by atoms with Crippen molar-refractivity contribution >= 4 is 21.3 Å². The topological polar surface area (TPSA) is 91.1 Å². The van der Waals surface area contributed by atoms with Crippen LogP contribution in [0.3, 0.4) is 0 Å². The number of rotatable bonds is 3. The second kappa shape index (κ2) is 4.81. The third kappa shape index (κ3) is 2.22. The molecule has 0 fully saturated rings. The van der Waals surface area contributed by atoms with Crippen molar-refractivity contribution in [3.05, 3.63) is 53.1 Å². The number of hydrogen-bond donors (Lipinski definition) is 2. The van der Waals surface area contributed by atoms with Crippen molar-refractivity contribution < 1.29 is 13.2 Å². The van der Waals surface area contributed by atoms with Gasteiger partial charge in [-0.2, -0.15) is 0 Å². The maximum atomic E-state index is 12.5. The van der Waals surface area contributed by atoms with Crippen LogP contribution in [0.1, 0.15) is 0 Å². The van der Waals surface area contributed by atoms with Crippen LogP contribution in [0.15, 0.2) is 58.0 Å². The Morgan fingerprint density at radius 3 is 2.26 bits per heavy atom. The smallest absolute Gasteiger partial charge is 0.212 e. The highest BCUT2D eigenvalue weighted by Crippen LogP contribution is 2.26. The number of methoxy groups -OCH3 is 1. The SMILES string of the molecule is COC1=C(S(=O)(=O)c2ccccc2)C(=N)C(=N)C=C1. The lowest BCUT2D eigenvalue weighted by Crippen LogP contribution is -2.24. The Morgan fingerprint density at radius 2 is 1.68 bits per heavy atom. The molecular formula is C13H12N2O3S. The van der Waals surface area contributed by atoms with E-state index in [1.807, 2.05) is 0 Å². The summed E-state index contributed by atoms with van der Waals surface area (Å²) < 4.78 is 30.0. The van der Waals surface area contributed by atoms with E-state index < -0.39 is 9.84 Å². The van der Waals surface area contributed by atoms with Gasteiger partial charge in [-0.1, -0.05) is 18.2 Å². The molecule has 0 amide bonds. The fourth-order valence-electron chi connectivity index (χ4n) is 1.71. The van der Waals surface area contributed by atoms with Crippen molar-refractivity contribution in [1.82, 2.24) is 0 Å². The Kier molecular flexibility index (Phi) is 3.35. The van der Waals surface area contributed by atoms with Gasteiger partial charge in [0.05, 0.1) is 17.7 Å². The molecule has 1 aliphatic carbocycles. The molecule has 0 bridgehead atoms. The number of benzene rings is 1. The lowest BCUT2D eigenvalue weighted by molar-refractivity contribution is 0.306. The summed E-state index contributed by atoms with van der Waals surface area (Å²) in [5, 5.41) is 15.4. The van der Waals surface area contributed by atoms with Crippen molar-refractivity contribution in [3.8, 4) is 0 Å². The number of hydrogen-bond acceptors (Lipinski definition) is 5. The molecule has 0 atom stereocenters. The molecule has 6 heteroatoms. The van der Waals surface area contributed by atoms with Crippen molar-refractivity contribution in [2.45, 2.75) is 4.90 Å². The number of ether oxygens (including phenoxy) is 1. The summed E-state index contributed by atoms with van der Waals surface area (Å²) in [5.41, 5.74) is -0.515. The standard InChI is InChI=1S/C13H12N2O3S/c1-18-11-8-7-10(14)12(15)13(11)19(16,17)9-5-3-2-4-6-9/h2-8,14-15H,1H3. The van der Waals surface area contributed by atoms with E-state index in [2.05, 4.69) is 0 Å².